The van der Waals surface area contributed by atoms with E-state index >= 15 is 0 Å². The fourth-order valence-electron chi connectivity index (χ4n) is 1.80. The number of rotatable bonds is 1. The maximum atomic E-state index is 11.3. The number of hydrogen-bond donors (Lipinski definition) is 0. The first-order chi connectivity index (χ1) is 6.99. The van der Waals surface area contributed by atoms with Crippen LogP contribution in [-0.2, 0) is 9.84 Å². The van der Waals surface area contributed by atoms with Crippen molar-refractivity contribution >= 4 is 21.4 Å². The Morgan fingerprint density at radius 2 is 2.13 bits per heavy atom. The van der Waals surface area contributed by atoms with Gasteiger partial charge in [0.15, 0.2) is 9.84 Å². The molecule has 1 aromatic carbocycles. The Kier molecular flexibility index (Phi) is 2.61. The second-order valence-electron chi connectivity index (χ2n) is 3.72. The zero-order valence-corrected chi connectivity index (χ0v) is 9.85. The number of hydrogen-bond acceptors (Lipinski definition) is 2. The third kappa shape index (κ3) is 2.08. The molecule has 1 unspecified atom stereocenters. The Labute approximate surface area is 94.5 Å². The summed E-state index contributed by atoms with van der Waals surface area (Å²) in [5.74, 6) is 0.113. The molecular weight excluding hydrogens is 232 g/mol. The lowest BCUT2D eigenvalue weighted by Gasteiger charge is -2.11. The lowest BCUT2D eigenvalue weighted by atomic mass is 9.97. The monoisotopic (exact) mass is 242 g/mol. The summed E-state index contributed by atoms with van der Waals surface area (Å²) in [5.41, 5.74) is 1.96. The van der Waals surface area contributed by atoms with E-state index in [9.17, 15) is 8.42 Å². The van der Waals surface area contributed by atoms with Crippen molar-refractivity contribution in [2.45, 2.75) is 12.8 Å². The second kappa shape index (κ2) is 3.65. The van der Waals surface area contributed by atoms with E-state index in [4.69, 9.17) is 11.6 Å². The molecule has 1 aliphatic heterocycles. The van der Waals surface area contributed by atoms with Crippen molar-refractivity contribution in [1.29, 1.82) is 0 Å². The van der Waals surface area contributed by atoms with Crippen molar-refractivity contribution in [3.8, 4) is 0 Å². The Morgan fingerprint density at radius 3 is 2.73 bits per heavy atom. The predicted molar refractivity (Wildman–Crippen MR) is 61.9 cm³/mol. The molecule has 0 spiro atoms. The third-order valence-electron chi connectivity index (χ3n) is 2.64. The Balaban J connectivity index is 2.41. The van der Waals surface area contributed by atoms with Gasteiger partial charge in [0.25, 0.3) is 0 Å². The van der Waals surface area contributed by atoms with E-state index in [0.29, 0.717) is 5.02 Å². The standard InChI is InChI=1S/C11H11ClO2S/c1-8-10(3-2-4-11(8)12)9-5-6-15(13,14)7-9/h2-6,9H,7H2,1H3. The zero-order chi connectivity index (χ0) is 11.1. The first-order valence-corrected chi connectivity index (χ1v) is 6.75. The highest BCUT2D eigenvalue weighted by atomic mass is 35.5. The van der Waals surface area contributed by atoms with E-state index < -0.39 is 9.84 Å². The second-order valence-corrected chi connectivity index (χ2v) is 6.06. The van der Waals surface area contributed by atoms with Gasteiger partial charge in [0.2, 0.25) is 0 Å². The molecule has 1 heterocycles. The molecule has 1 atom stereocenters. The molecule has 0 radical (unpaired) electrons. The van der Waals surface area contributed by atoms with E-state index in [0.717, 1.165) is 11.1 Å². The first kappa shape index (κ1) is 10.7. The van der Waals surface area contributed by atoms with Crippen molar-refractivity contribution < 1.29 is 8.42 Å². The molecule has 4 heteroatoms. The van der Waals surface area contributed by atoms with Gasteiger partial charge in [-0.2, -0.15) is 0 Å². The molecule has 0 N–H and O–H groups in total. The molecule has 2 nitrogen and oxygen atoms in total. The zero-order valence-electron chi connectivity index (χ0n) is 8.27. The largest absolute Gasteiger partial charge is 0.224 e. The van der Waals surface area contributed by atoms with E-state index in [1.54, 1.807) is 6.08 Å². The summed E-state index contributed by atoms with van der Waals surface area (Å²) in [5, 5.41) is 1.98. The smallest absolute Gasteiger partial charge is 0.172 e. The van der Waals surface area contributed by atoms with Crippen molar-refractivity contribution in [3.05, 3.63) is 45.8 Å². The first-order valence-electron chi connectivity index (χ1n) is 4.65. The minimum Gasteiger partial charge on any atom is -0.224 e. The van der Waals surface area contributed by atoms with Crippen LogP contribution in [0, 0.1) is 6.92 Å². The van der Waals surface area contributed by atoms with Crippen LogP contribution in [0.5, 0.6) is 0 Å². The molecule has 0 aromatic heterocycles. The van der Waals surface area contributed by atoms with Gasteiger partial charge in [0.05, 0.1) is 5.75 Å². The molecule has 0 amide bonds. The average Bonchev–Trinajstić information content (AvgIpc) is 2.51. The Hall–Kier alpha value is -0.800. The van der Waals surface area contributed by atoms with Crippen LogP contribution in [-0.4, -0.2) is 14.2 Å². The number of halogens is 1. The third-order valence-corrected chi connectivity index (χ3v) is 4.44. The average molecular weight is 243 g/mol. The van der Waals surface area contributed by atoms with E-state index in [-0.39, 0.29) is 11.7 Å². The van der Waals surface area contributed by atoms with Crippen LogP contribution in [0.1, 0.15) is 17.0 Å². The number of benzene rings is 1. The highest BCUT2D eigenvalue weighted by Gasteiger charge is 2.24. The lowest BCUT2D eigenvalue weighted by molar-refractivity contribution is 0.604. The molecule has 15 heavy (non-hydrogen) atoms. The van der Waals surface area contributed by atoms with Crippen LogP contribution in [0.2, 0.25) is 5.02 Å². The summed E-state index contributed by atoms with van der Waals surface area (Å²) >= 11 is 5.99. The normalized spacial score (nSPS) is 23.2. The van der Waals surface area contributed by atoms with Crippen molar-refractivity contribution in [2.75, 3.05) is 5.75 Å². The molecule has 80 valence electrons. The van der Waals surface area contributed by atoms with Gasteiger partial charge in [-0.15, -0.1) is 0 Å². The van der Waals surface area contributed by atoms with Gasteiger partial charge >= 0.3 is 0 Å². The van der Waals surface area contributed by atoms with Crippen molar-refractivity contribution in [3.63, 3.8) is 0 Å². The molecular formula is C11H11ClO2S. The molecule has 0 aliphatic carbocycles. The van der Waals surface area contributed by atoms with Crippen molar-refractivity contribution in [2.24, 2.45) is 0 Å². The maximum absolute atomic E-state index is 11.3. The highest BCUT2D eigenvalue weighted by molar-refractivity contribution is 7.94. The van der Waals surface area contributed by atoms with E-state index in [1.807, 2.05) is 25.1 Å². The summed E-state index contributed by atoms with van der Waals surface area (Å²) in [6.45, 7) is 1.91. The van der Waals surface area contributed by atoms with Crippen LogP contribution in [0.3, 0.4) is 0 Å². The molecule has 1 aromatic rings. The highest BCUT2D eigenvalue weighted by Crippen LogP contribution is 2.31. The number of allylic oxidation sites excluding steroid dienone is 1. The topological polar surface area (TPSA) is 34.1 Å². The van der Waals surface area contributed by atoms with Gasteiger partial charge in [0.1, 0.15) is 0 Å². The molecule has 1 aliphatic rings. The van der Waals surface area contributed by atoms with Crippen molar-refractivity contribution in [1.82, 2.24) is 0 Å². The van der Waals surface area contributed by atoms with Crippen LogP contribution in [0.15, 0.2) is 29.7 Å². The summed E-state index contributed by atoms with van der Waals surface area (Å²) in [7, 11) is -3.00. The van der Waals surface area contributed by atoms with Gasteiger partial charge in [-0.05, 0) is 24.1 Å². The quantitative estimate of drug-likeness (QED) is 0.759. The summed E-state index contributed by atoms with van der Waals surface area (Å²) in [6, 6.07) is 5.59. The van der Waals surface area contributed by atoms with Crippen LogP contribution in [0.25, 0.3) is 0 Å². The molecule has 0 saturated carbocycles. The van der Waals surface area contributed by atoms with Crippen LogP contribution < -0.4 is 0 Å². The van der Waals surface area contributed by atoms with Crippen LogP contribution in [0.4, 0.5) is 0 Å². The van der Waals surface area contributed by atoms with Gasteiger partial charge in [-0.25, -0.2) is 8.42 Å². The minimum absolute atomic E-state index is 0.0475. The van der Waals surface area contributed by atoms with Crippen LogP contribution >= 0.6 is 11.6 Å². The fraction of sp³-hybridized carbons (Fsp3) is 0.273. The fourth-order valence-corrected chi connectivity index (χ4v) is 3.31. The molecule has 0 fully saturated rings. The predicted octanol–water partition coefficient (Wildman–Crippen LogP) is 2.67. The van der Waals surface area contributed by atoms with Gasteiger partial charge in [-0.3, -0.25) is 0 Å². The number of sulfone groups is 1. The molecule has 0 saturated heterocycles. The molecule has 0 bridgehead atoms. The van der Waals surface area contributed by atoms with E-state index in [2.05, 4.69) is 0 Å². The minimum atomic E-state index is -3.00. The Bertz CT molecular complexity index is 517. The molecule has 2 rings (SSSR count). The van der Waals surface area contributed by atoms with Gasteiger partial charge < -0.3 is 0 Å². The Morgan fingerprint density at radius 1 is 1.40 bits per heavy atom. The van der Waals surface area contributed by atoms with Gasteiger partial charge in [-0.1, -0.05) is 29.8 Å². The van der Waals surface area contributed by atoms with Gasteiger partial charge in [0, 0.05) is 16.3 Å². The van der Waals surface area contributed by atoms with E-state index in [1.165, 1.54) is 5.41 Å². The lowest BCUT2D eigenvalue weighted by Crippen LogP contribution is -2.05. The summed E-state index contributed by atoms with van der Waals surface area (Å²) < 4.78 is 22.6. The summed E-state index contributed by atoms with van der Waals surface area (Å²) in [6.07, 6.45) is 1.73. The SMILES string of the molecule is Cc1c(Cl)cccc1C1C=CS(=O)(=O)C1. The maximum Gasteiger partial charge on any atom is 0.172 e. The summed E-state index contributed by atoms with van der Waals surface area (Å²) in [4.78, 5) is 0.